The van der Waals surface area contributed by atoms with E-state index in [2.05, 4.69) is 44.2 Å². The SMILES string of the molecule is CCC(CC)CNC(=NC)NCCc1nnc2n1CCCCC2. The lowest BCUT2D eigenvalue weighted by molar-refractivity contribution is 0.481. The van der Waals surface area contributed by atoms with Gasteiger partial charge in [0.05, 0.1) is 0 Å². The third-order valence-electron chi connectivity index (χ3n) is 4.76. The molecule has 1 aliphatic heterocycles. The molecular weight excluding hydrogens is 288 g/mol. The maximum Gasteiger partial charge on any atom is 0.190 e. The van der Waals surface area contributed by atoms with E-state index in [0.29, 0.717) is 5.92 Å². The second kappa shape index (κ2) is 9.53. The summed E-state index contributed by atoms with van der Waals surface area (Å²) in [6.07, 6.45) is 8.14. The first kappa shape index (κ1) is 17.8. The Morgan fingerprint density at radius 1 is 1.17 bits per heavy atom. The van der Waals surface area contributed by atoms with Crippen LogP contribution in [-0.4, -0.2) is 40.9 Å². The normalized spacial score (nSPS) is 15.4. The molecule has 0 fully saturated rings. The largest absolute Gasteiger partial charge is 0.356 e. The molecule has 2 heterocycles. The molecule has 1 aromatic rings. The molecule has 6 nitrogen and oxygen atoms in total. The van der Waals surface area contributed by atoms with E-state index in [4.69, 9.17) is 0 Å². The number of nitrogens with one attached hydrogen (secondary N) is 2. The van der Waals surface area contributed by atoms with Crippen molar-refractivity contribution in [1.29, 1.82) is 0 Å². The summed E-state index contributed by atoms with van der Waals surface area (Å²) in [6.45, 7) is 7.36. The molecule has 2 rings (SSSR count). The van der Waals surface area contributed by atoms with Crippen LogP contribution in [0.3, 0.4) is 0 Å². The number of aryl methyl sites for hydroxylation is 1. The average molecular weight is 320 g/mol. The number of fused-ring (bicyclic) bond motifs is 1. The standard InChI is InChI=1S/C17H32N6/c1-4-14(5-2)13-20-17(18-3)19-11-10-16-22-21-15-9-7-6-8-12-23(15)16/h14H,4-13H2,1-3H3,(H2,18,19,20). The Morgan fingerprint density at radius 2 is 2.00 bits per heavy atom. The average Bonchev–Trinajstić information content (AvgIpc) is 2.81. The molecule has 0 radical (unpaired) electrons. The molecular formula is C17H32N6. The molecule has 6 heteroatoms. The number of hydrogen-bond donors (Lipinski definition) is 2. The second-order valence-electron chi connectivity index (χ2n) is 6.31. The van der Waals surface area contributed by atoms with Gasteiger partial charge >= 0.3 is 0 Å². The Kier molecular flexibility index (Phi) is 7.36. The minimum absolute atomic E-state index is 0.709. The molecule has 130 valence electrons. The van der Waals surface area contributed by atoms with Gasteiger partial charge in [-0.3, -0.25) is 4.99 Å². The monoisotopic (exact) mass is 320 g/mol. The van der Waals surface area contributed by atoms with Crippen LogP contribution >= 0.6 is 0 Å². The first-order chi connectivity index (χ1) is 11.3. The van der Waals surface area contributed by atoms with Crippen molar-refractivity contribution in [2.24, 2.45) is 10.9 Å². The molecule has 0 spiro atoms. The molecule has 0 amide bonds. The smallest absolute Gasteiger partial charge is 0.190 e. The summed E-state index contributed by atoms with van der Waals surface area (Å²) in [4.78, 5) is 4.30. The topological polar surface area (TPSA) is 67.1 Å². The van der Waals surface area contributed by atoms with Gasteiger partial charge in [0.15, 0.2) is 5.96 Å². The molecule has 0 saturated carbocycles. The minimum Gasteiger partial charge on any atom is -0.356 e. The molecule has 0 aromatic carbocycles. The molecule has 0 aliphatic carbocycles. The number of rotatable bonds is 7. The lowest BCUT2D eigenvalue weighted by Gasteiger charge is -2.16. The predicted molar refractivity (Wildman–Crippen MR) is 94.7 cm³/mol. The van der Waals surface area contributed by atoms with Crippen molar-refractivity contribution in [2.45, 2.75) is 65.3 Å². The highest BCUT2D eigenvalue weighted by molar-refractivity contribution is 5.79. The zero-order chi connectivity index (χ0) is 16.5. The van der Waals surface area contributed by atoms with Gasteiger partial charge in [-0.2, -0.15) is 0 Å². The molecule has 0 saturated heterocycles. The number of guanidine groups is 1. The molecule has 0 atom stereocenters. The van der Waals surface area contributed by atoms with Gasteiger partial charge < -0.3 is 15.2 Å². The van der Waals surface area contributed by atoms with Crippen LogP contribution in [0.25, 0.3) is 0 Å². The zero-order valence-corrected chi connectivity index (χ0v) is 14.9. The summed E-state index contributed by atoms with van der Waals surface area (Å²) in [7, 11) is 1.82. The zero-order valence-electron chi connectivity index (χ0n) is 14.9. The van der Waals surface area contributed by atoms with Crippen molar-refractivity contribution < 1.29 is 0 Å². The van der Waals surface area contributed by atoms with E-state index in [1.807, 2.05) is 7.05 Å². The number of aromatic nitrogens is 3. The Hall–Kier alpha value is -1.59. The van der Waals surface area contributed by atoms with E-state index < -0.39 is 0 Å². The van der Waals surface area contributed by atoms with Gasteiger partial charge in [-0.05, 0) is 18.8 Å². The van der Waals surface area contributed by atoms with Gasteiger partial charge in [0.25, 0.3) is 0 Å². The molecule has 0 bridgehead atoms. The van der Waals surface area contributed by atoms with Gasteiger partial charge in [0.2, 0.25) is 0 Å². The van der Waals surface area contributed by atoms with Crippen LogP contribution in [0.4, 0.5) is 0 Å². The third-order valence-corrected chi connectivity index (χ3v) is 4.76. The van der Waals surface area contributed by atoms with Gasteiger partial charge in [-0.1, -0.05) is 33.1 Å². The van der Waals surface area contributed by atoms with Crippen molar-refractivity contribution in [1.82, 2.24) is 25.4 Å². The summed E-state index contributed by atoms with van der Waals surface area (Å²) in [5.74, 6) is 3.85. The van der Waals surface area contributed by atoms with Crippen molar-refractivity contribution in [3.8, 4) is 0 Å². The van der Waals surface area contributed by atoms with Crippen molar-refractivity contribution in [2.75, 3.05) is 20.1 Å². The fourth-order valence-corrected chi connectivity index (χ4v) is 3.06. The lowest BCUT2D eigenvalue weighted by Crippen LogP contribution is -2.40. The summed E-state index contributed by atoms with van der Waals surface area (Å²) in [6, 6.07) is 0. The van der Waals surface area contributed by atoms with E-state index >= 15 is 0 Å². The fraction of sp³-hybridized carbons (Fsp3) is 0.824. The summed E-state index contributed by atoms with van der Waals surface area (Å²) < 4.78 is 2.31. The van der Waals surface area contributed by atoms with Gasteiger partial charge in [0.1, 0.15) is 11.6 Å². The maximum atomic E-state index is 4.38. The molecule has 1 aromatic heterocycles. The number of aliphatic imine (C=N–C) groups is 1. The highest BCUT2D eigenvalue weighted by Crippen LogP contribution is 2.14. The van der Waals surface area contributed by atoms with Crippen LogP contribution in [0, 0.1) is 5.92 Å². The van der Waals surface area contributed by atoms with Gasteiger partial charge in [-0.25, -0.2) is 0 Å². The minimum atomic E-state index is 0.709. The Labute approximate surface area is 140 Å². The molecule has 0 unspecified atom stereocenters. The van der Waals surface area contributed by atoms with Gasteiger partial charge in [-0.15, -0.1) is 10.2 Å². The van der Waals surface area contributed by atoms with Crippen LogP contribution in [0.1, 0.15) is 57.6 Å². The lowest BCUT2D eigenvalue weighted by atomic mass is 10.0. The van der Waals surface area contributed by atoms with Gasteiger partial charge in [0, 0.05) is 39.5 Å². The second-order valence-corrected chi connectivity index (χ2v) is 6.31. The fourth-order valence-electron chi connectivity index (χ4n) is 3.06. The highest BCUT2D eigenvalue weighted by Gasteiger charge is 2.14. The summed E-state index contributed by atoms with van der Waals surface area (Å²) >= 11 is 0. The number of nitrogens with zero attached hydrogens (tertiary/aromatic N) is 4. The molecule has 2 N–H and O–H groups in total. The first-order valence-corrected chi connectivity index (χ1v) is 9.13. The van der Waals surface area contributed by atoms with E-state index in [-0.39, 0.29) is 0 Å². The van der Waals surface area contributed by atoms with E-state index in [1.54, 1.807) is 0 Å². The van der Waals surface area contributed by atoms with Crippen LogP contribution in [0.5, 0.6) is 0 Å². The Balaban J connectivity index is 1.78. The van der Waals surface area contributed by atoms with Crippen LogP contribution in [-0.2, 0) is 19.4 Å². The third kappa shape index (κ3) is 5.22. The van der Waals surface area contributed by atoms with E-state index in [9.17, 15) is 0 Å². The quantitative estimate of drug-likeness (QED) is 0.597. The molecule has 1 aliphatic rings. The van der Waals surface area contributed by atoms with Crippen molar-refractivity contribution in [3.05, 3.63) is 11.6 Å². The van der Waals surface area contributed by atoms with Crippen molar-refractivity contribution in [3.63, 3.8) is 0 Å². The maximum absolute atomic E-state index is 4.38. The van der Waals surface area contributed by atoms with E-state index in [1.165, 1.54) is 32.1 Å². The predicted octanol–water partition coefficient (Wildman–Crippen LogP) is 2.15. The Bertz CT molecular complexity index is 489. The van der Waals surface area contributed by atoms with Crippen LogP contribution in [0.15, 0.2) is 4.99 Å². The Morgan fingerprint density at radius 3 is 2.74 bits per heavy atom. The van der Waals surface area contributed by atoms with E-state index in [0.717, 1.165) is 50.1 Å². The summed E-state index contributed by atoms with van der Waals surface area (Å²) in [5, 5.41) is 15.5. The first-order valence-electron chi connectivity index (χ1n) is 9.13. The summed E-state index contributed by atoms with van der Waals surface area (Å²) in [5.41, 5.74) is 0. The highest BCUT2D eigenvalue weighted by atomic mass is 15.3. The number of hydrogen-bond acceptors (Lipinski definition) is 3. The van der Waals surface area contributed by atoms with Crippen LogP contribution in [0.2, 0.25) is 0 Å². The van der Waals surface area contributed by atoms with Crippen molar-refractivity contribution >= 4 is 5.96 Å². The van der Waals surface area contributed by atoms with Crippen LogP contribution < -0.4 is 10.6 Å². The molecule has 23 heavy (non-hydrogen) atoms.